The second kappa shape index (κ2) is 7.33. The Kier molecular flexibility index (Phi) is 5.16. The number of rotatable bonds is 6. The third kappa shape index (κ3) is 4.65. The van der Waals surface area contributed by atoms with Crippen LogP contribution in [0.5, 0.6) is 11.5 Å². The van der Waals surface area contributed by atoms with Crippen LogP contribution in [0.15, 0.2) is 18.2 Å². The highest BCUT2D eigenvalue weighted by Gasteiger charge is 2.32. The van der Waals surface area contributed by atoms with Gasteiger partial charge in [-0.3, -0.25) is 4.79 Å². The smallest absolute Gasteiger partial charge is 0.344 e. The maximum atomic E-state index is 11.8. The number of hydrogen-bond acceptors (Lipinski definition) is 5. The van der Waals surface area contributed by atoms with Gasteiger partial charge in [-0.25, -0.2) is 4.79 Å². The van der Waals surface area contributed by atoms with E-state index >= 15 is 0 Å². The molecule has 6 nitrogen and oxygen atoms in total. The molecule has 1 aliphatic heterocycles. The number of benzene rings is 1. The van der Waals surface area contributed by atoms with Gasteiger partial charge in [-0.1, -0.05) is 25.0 Å². The Morgan fingerprint density at radius 1 is 1.24 bits per heavy atom. The van der Waals surface area contributed by atoms with E-state index in [1.54, 1.807) is 6.07 Å². The lowest BCUT2D eigenvalue weighted by molar-refractivity contribution is -0.150. The molecule has 136 valence electrons. The van der Waals surface area contributed by atoms with Crippen LogP contribution in [0.25, 0.3) is 0 Å². The number of hydrogen-bond donors (Lipinski definition) is 1. The van der Waals surface area contributed by atoms with Crippen molar-refractivity contribution in [2.45, 2.75) is 57.6 Å². The Labute approximate surface area is 147 Å². The lowest BCUT2D eigenvalue weighted by Crippen LogP contribution is -2.36. The van der Waals surface area contributed by atoms with Gasteiger partial charge >= 0.3 is 5.97 Å². The van der Waals surface area contributed by atoms with E-state index in [4.69, 9.17) is 14.2 Å². The molecular formula is C19H25NO5. The van der Waals surface area contributed by atoms with Crippen molar-refractivity contribution in [2.75, 3.05) is 13.2 Å². The summed E-state index contributed by atoms with van der Waals surface area (Å²) >= 11 is 0. The average Bonchev–Trinajstić information content (AvgIpc) is 3.16. The number of amides is 1. The molecule has 0 radical (unpaired) electrons. The summed E-state index contributed by atoms with van der Waals surface area (Å²) in [5, 5.41) is 2.87. The zero-order chi connectivity index (χ0) is 17.9. The summed E-state index contributed by atoms with van der Waals surface area (Å²) in [5.74, 6) is 0.372. The molecule has 25 heavy (non-hydrogen) atoms. The van der Waals surface area contributed by atoms with Gasteiger partial charge in [0.15, 0.2) is 24.7 Å². The fourth-order valence-electron chi connectivity index (χ4n) is 3.36. The molecule has 1 heterocycles. The molecule has 1 amide bonds. The molecule has 0 atom stereocenters. The molecule has 1 aliphatic carbocycles. The largest absolute Gasteiger partial charge is 0.483 e. The molecular weight excluding hydrogens is 322 g/mol. The van der Waals surface area contributed by atoms with E-state index in [1.165, 1.54) is 0 Å². The van der Waals surface area contributed by atoms with Gasteiger partial charge in [-0.05, 0) is 32.8 Å². The Morgan fingerprint density at radius 3 is 2.76 bits per heavy atom. The van der Waals surface area contributed by atoms with Crippen molar-refractivity contribution in [3.8, 4) is 11.5 Å². The molecule has 3 rings (SSSR count). The maximum Gasteiger partial charge on any atom is 0.344 e. The highest BCUT2D eigenvalue weighted by atomic mass is 16.6. The minimum Gasteiger partial charge on any atom is -0.483 e. The fraction of sp³-hybridized carbons (Fsp3) is 0.579. The van der Waals surface area contributed by atoms with Crippen LogP contribution in [0.3, 0.4) is 0 Å². The first kappa shape index (κ1) is 17.6. The molecule has 2 aliphatic rings. The minimum absolute atomic E-state index is 0.217. The van der Waals surface area contributed by atoms with Gasteiger partial charge in [-0.15, -0.1) is 0 Å². The van der Waals surface area contributed by atoms with E-state index in [1.807, 2.05) is 26.0 Å². The molecule has 0 unspecified atom stereocenters. The van der Waals surface area contributed by atoms with Gasteiger partial charge in [0.2, 0.25) is 0 Å². The topological polar surface area (TPSA) is 73.9 Å². The van der Waals surface area contributed by atoms with Gasteiger partial charge in [0, 0.05) is 18.0 Å². The summed E-state index contributed by atoms with van der Waals surface area (Å²) in [4.78, 5) is 23.6. The lowest BCUT2D eigenvalue weighted by Gasteiger charge is -2.18. The Hall–Kier alpha value is -2.24. The molecule has 1 saturated carbocycles. The van der Waals surface area contributed by atoms with Crippen LogP contribution in [0.4, 0.5) is 0 Å². The quantitative estimate of drug-likeness (QED) is 0.800. The zero-order valence-electron chi connectivity index (χ0n) is 14.8. The van der Waals surface area contributed by atoms with Gasteiger partial charge in [0.25, 0.3) is 5.91 Å². The first-order chi connectivity index (χ1) is 11.9. The number of esters is 1. The number of para-hydroxylation sites is 1. The molecule has 0 aromatic heterocycles. The normalized spacial score (nSPS) is 18.3. The summed E-state index contributed by atoms with van der Waals surface area (Å²) < 4.78 is 16.4. The summed E-state index contributed by atoms with van der Waals surface area (Å²) in [6.45, 7) is 3.49. The summed E-state index contributed by atoms with van der Waals surface area (Å²) in [6.07, 6.45) is 5.07. The van der Waals surface area contributed by atoms with Gasteiger partial charge in [-0.2, -0.15) is 0 Å². The Morgan fingerprint density at radius 2 is 2.00 bits per heavy atom. The number of carbonyl (C=O) groups excluding carboxylic acids is 2. The number of ether oxygens (including phenoxy) is 3. The highest BCUT2D eigenvalue weighted by molar-refractivity contribution is 5.81. The lowest BCUT2D eigenvalue weighted by atomic mass is 10.0. The molecule has 6 heteroatoms. The molecule has 1 N–H and O–H groups in total. The molecule has 0 bridgehead atoms. The fourth-order valence-corrected chi connectivity index (χ4v) is 3.36. The van der Waals surface area contributed by atoms with E-state index in [-0.39, 0.29) is 30.8 Å². The zero-order valence-corrected chi connectivity index (χ0v) is 14.8. The van der Waals surface area contributed by atoms with Crippen LogP contribution < -0.4 is 14.8 Å². The predicted molar refractivity (Wildman–Crippen MR) is 91.7 cm³/mol. The second-order valence-corrected chi connectivity index (χ2v) is 7.28. The number of carbonyl (C=O) groups is 2. The van der Waals surface area contributed by atoms with E-state index in [0.29, 0.717) is 11.5 Å². The van der Waals surface area contributed by atoms with Crippen molar-refractivity contribution in [3.63, 3.8) is 0 Å². The molecule has 1 fully saturated rings. The van der Waals surface area contributed by atoms with E-state index in [0.717, 1.165) is 37.7 Å². The van der Waals surface area contributed by atoms with Crippen molar-refractivity contribution in [1.82, 2.24) is 5.32 Å². The standard InChI is InChI=1S/C19H25NO5/c1-19(2)10-13-6-5-9-15(18(13)25-19)23-12-17(22)24-11-16(21)20-14-7-3-4-8-14/h5-6,9,14H,3-4,7-8,10-12H2,1-2H3,(H,20,21). The maximum absolute atomic E-state index is 11.8. The average molecular weight is 347 g/mol. The molecule has 0 saturated heterocycles. The van der Waals surface area contributed by atoms with Crippen molar-refractivity contribution >= 4 is 11.9 Å². The van der Waals surface area contributed by atoms with Crippen LogP contribution in [0.2, 0.25) is 0 Å². The monoisotopic (exact) mass is 347 g/mol. The van der Waals surface area contributed by atoms with Crippen molar-refractivity contribution in [3.05, 3.63) is 23.8 Å². The van der Waals surface area contributed by atoms with Gasteiger partial charge < -0.3 is 19.5 Å². The van der Waals surface area contributed by atoms with Crippen LogP contribution >= 0.6 is 0 Å². The first-order valence-corrected chi connectivity index (χ1v) is 8.82. The first-order valence-electron chi connectivity index (χ1n) is 8.82. The third-order valence-corrected chi connectivity index (χ3v) is 4.49. The van der Waals surface area contributed by atoms with Gasteiger partial charge in [0.1, 0.15) is 5.60 Å². The minimum atomic E-state index is -0.573. The molecule has 1 aromatic carbocycles. The predicted octanol–water partition coefficient (Wildman–Crippen LogP) is 2.38. The van der Waals surface area contributed by atoms with Crippen molar-refractivity contribution in [2.24, 2.45) is 0 Å². The molecule has 1 aromatic rings. The van der Waals surface area contributed by atoms with Crippen LogP contribution in [-0.2, 0) is 20.7 Å². The van der Waals surface area contributed by atoms with Crippen LogP contribution in [-0.4, -0.2) is 36.7 Å². The van der Waals surface area contributed by atoms with Crippen LogP contribution in [0, 0.1) is 0 Å². The summed E-state index contributed by atoms with van der Waals surface area (Å²) in [7, 11) is 0. The Balaban J connectivity index is 1.44. The van der Waals surface area contributed by atoms with E-state index < -0.39 is 5.97 Å². The van der Waals surface area contributed by atoms with Crippen molar-refractivity contribution in [1.29, 1.82) is 0 Å². The van der Waals surface area contributed by atoms with Crippen molar-refractivity contribution < 1.29 is 23.8 Å². The van der Waals surface area contributed by atoms with E-state index in [9.17, 15) is 9.59 Å². The highest BCUT2D eigenvalue weighted by Crippen LogP contribution is 2.41. The number of fused-ring (bicyclic) bond motifs is 1. The summed E-state index contributed by atoms with van der Waals surface area (Å²) in [6, 6.07) is 5.84. The summed E-state index contributed by atoms with van der Waals surface area (Å²) in [5.41, 5.74) is 0.785. The number of nitrogens with one attached hydrogen (secondary N) is 1. The second-order valence-electron chi connectivity index (χ2n) is 7.28. The van der Waals surface area contributed by atoms with Gasteiger partial charge in [0.05, 0.1) is 0 Å². The third-order valence-electron chi connectivity index (χ3n) is 4.49. The SMILES string of the molecule is CC1(C)Cc2cccc(OCC(=O)OCC(=O)NC3CCCC3)c2O1. The molecule has 0 spiro atoms. The van der Waals surface area contributed by atoms with Crippen LogP contribution in [0.1, 0.15) is 45.1 Å². The van der Waals surface area contributed by atoms with E-state index in [2.05, 4.69) is 5.32 Å². The Bertz CT molecular complexity index is 649.